The van der Waals surface area contributed by atoms with E-state index < -0.39 is 4.92 Å². The maximum atomic E-state index is 10.8. The van der Waals surface area contributed by atoms with Crippen LogP contribution in [-0.2, 0) is 13.2 Å². The van der Waals surface area contributed by atoms with Crippen LogP contribution in [0.4, 0.5) is 11.4 Å². The summed E-state index contributed by atoms with van der Waals surface area (Å²) in [6.07, 6.45) is 0. The Balaban J connectivity index is 2.24. The molecule has 2 aromatic rings. The second-order valence-electron chi connectivity index (χ2n) is 4.32. The molecule has 0 radical (unpaired) electrons. The predicted molar refractivity (Wildman–Crippen MR) is 83.1 cm³/mol. The lowest BCUT2D eigenvalue weighted by Crippen LogP contribution is -2.17. The van der Waals surface area contributed by atoms with Crippen molar-refractivity contribution in [2.24, 2.45) is 0 Å². The third-order valence-corrected chi connectivity index (χ3v) is 4.55. The van der Waals surface area contributed by atoms with Gasteiger partial charge in [-0.05, 0) is 28.1 Å². The SMILES string of the molecule is CN(Cc1cc(Br)cs1)c1ccc([N+](=O)[O-])cc1CO. The van der Waals surface area contributed by atoms with Crippen LogP contribution in [-0.4, -0.2) is 17.1 Å². The third kappa shape index (κ3) is 3.36. The van der Waals surface area contributed by atoms with E-state index >= 15 is 0 Å². The molecule has 5 nitrogen and oxygen atoms in total. The number of aliphatic hydroxyl groups is 1. The maximum absolute atomic E-state index is 10.8. The van der Waals surface area contributed by atoms with Crippen molar-refractivity contribution >= 4 is 38.6 Å². The van der Waals surface area contributed by atoms with Crippen molar-refractivity contribution in [1.82, 2.24) is 0 Å². The van der Waals surface area contributed by atoms with Crippen molar-refractivity contribution in [3.8, 4) is 0 Å². The Labute approximate surface area is 128 Å². The smallest absolute Gasteiger partial charge is 0.269 e. The number of anilines is 1. The molecule has 2 rings (SSSR count). The van der Waals surface area contributed by atoms with Crippen LogP contribution in [0.3, 0.4) is 0 Å². The molecule has 0 bridgehead atoms. The first-order valence-electron chi connectivity index (χ1n) is 5.83. The van der Waals surface area contributed by atoms with Crippen LogP contribution in [0.1, 0.15) is 10.4 Å². The third-order valence-electron chi connectivity index (χ3n) is 2.87. The fourth-order valence-electron chi connectivity index (χ4n) is 1.94. The van der Waals surface area contributed by atoms with E-state index in [1.807, 2.05) is 23.4 Å². The Morgan fingerprint density at radius 3 is 2.75 bits per heavy atom. The van der Waals surface area contributed by atoms with Crippen molar-refractivity contribution in [1.29, 1.82) is 0 Å². The number of hydrogen-bond donors (Lipinski definition) is 1. The molecule has 0 amide bonds. The Morgan fingerprint density at radius 1 is 1.45 bits per heavy atom. The van der Waals surface area contributed by atoms with Crippen LogP contribution >= 0.6 is 27.3 Å². The number of benzene rings is 1. The first kappa shape index (κ1) is 15.0. The normalized spacial score (nSPS) is 10.6. The first-order chi connectivity index (χ1) is 9.51. The monoisotopic (exact) mass is 356 g/mol. The molecule has 0 fully saturated rings. The molecular weight excluding hydrogens is 344 g/mol. The number of aliphatic hydroxyl groups excluding tert-OH is 1. The van der Waals surface area contributed by atoms with Gasteiger partial charge < -0.3 is 10.0 Å². The van der Waals surface area contributed by atoms with E-state index in [1.165, 1.54) is 17.0 Å². The van der Waals surface area contributed by atoms with Gasteiger partial charge in [0, 0.05) is 45.2 Å². The van der Waals surface area contributed by atoms with Crippen molar-refractivity contribution in [3.05, 3.63) is 54.7 Å². The minimum atomic E-state index is -0.459. The number of nitro groups is 1. The standard InChI is InChI=1S/C13H13BrN2O3S/c1-15(6-12-5-10(14)8-20-12)13-3-2-11(16(18)19)4-9(13)7-17/h2-5,8,17H,6-7H2,1H3. The van der Waals surface area contributed by atoms with E-state index in [0.717, 1.165) is 10.2 Å². The van der Waals surface area contributed by atoms with E-state index in [4.69, 9.17) is 0 Å². The zero-order valence-corrected chi connectivity index (χ0v) is 13.1. The molecule has 0 aliphatic heterocycles. The van der Waals surface area contributed by atoms with Gasteiger partial charge in [0.2, 0.25) is 0 Å². The topological polar surface area (TPSA) is 66.6 Å². The molecule has 0 aliphatic rings. The molecule has 0 unspecified atom stereocenters. The predicted octanol–water partition coefficient (Wildman–Crippen LogP) is 3.55. The number of rotatable bonds is 5. The van der Waals surface area contributed by atoms with Gasteiger partial charge in [-0.15, -0.1) is 11.3 Å². The Kier molecular flexibility index (Phi) is 4.74. The summed E-state index contributed by atoms with van der Waals surface area (Å²) >= 11 is 5.04. The summed E-state index contributed by atoms with van der Waals surface area (Å²) in [6, 6.07) is 6.57. The average molecular weight is 357 g/mol. The Hall–Kier alpha value is -1.44. The van der Waals surface area contributed by atoms with Gasteiger partial charge in [-0.25, -0.2) is 0 Å². The summed E-state index contributed by atoms with van der Waals surface area (Å²) in [5.41, 5.74) is 1.34. The van der Waals surface area contributed by atoms with Gasteiger partial charge in [0.1, 0.15) is 0 Å². The number of hydrogen-bond acceptors (Lipinski definition) is 5. The lowest BCUT2D eigenvalue weighted by atomic mass is 10.1. The highest BCUT2D eigenvalue weighted by atomic mass is 79.9. The summed E-state index contributed by atoms with van der Waals surface area (Å²) in [4.78, 5) is 13.4. The summed E-state index contributed by atoms with van der Waals surface area (Å²) in [6.45, 7) is 0.455. The van der Waals surface area contributed by atoms with Crippen LogP contribution in [0.2, 0.25) is 0 Å². The molecule has 0 atom stereocenters. The molecule has 106 valence electrons. The summed E-state index contributed by atoms with van der Waals surface area (Å²) in [5.74, 6) is 0. The second-order valence-corrected chi connectivity index (χ2v) is 6.23. The Bertz CT molecular complexity index is 630. The summed E-state index contributed by atoms with van der Waals surface area (Å²) in [7, 11) is 1.90. The minimum absolute atomic E-state index is 0.00920. The average Bonchev–Trinajstić information content (AvgIpc) is 2.83. The van der Waals surface area contributed by atoms with Crippen molar-refractivity contribution in [2.45, 2.75) is 13.2 Å². The number of thiophene rings is 1. The van der Waals surface area contributed by atoms with Crippen LogP contribution in [0.25, 0.3) is 0 Å². The summed E-state index contributed by atoms with van der Waals surface area (Å²) < 4.78 is 1.04. The van der Waals surface area contributed by atoms with Gasteiger partial charge in [-0.2, -0.15) is 0 Å². The molecule has 0 saturated carbocycles. The fourth-order valence-corrected chi connectivity index (χ4v) is 3.44. The maximum Gasteiger partial charge on any atom is 0.269 e. The largest absolute Gasteiger partial charge is 0.392 e. The molecule has 20 heavy (non-hydrogen) atoms. The van der Waals surface area contributed by atoms with E-state index in [1.54, 1.807) is 17.4 Å². The molecule has 1 aromatic carbocycles. The van der Waals surface area contributed by atoms with Gasteiger partial charge in [0.05, 0.1) is 18.1 Å². The van der Waals surface area contributed by atoms with Crippen molar-refractivity contribution < 1.29 is 10.0 Å². The zero-order chi connectivity index (χ0) is 14.7. The van der Waals surface area contributed by atoms with Crippen molar-refractivity contribution in [3.63, 3.8) is 0 Å². The number of nitrogens with zero attached hydrogens (tertiary/aromatic N) is 2. The first-order valence-corrected chi connectivity index (χ1v) is 7.50. The van der Waals surface area contributed by atoms with E-state index in [0.29, 0.717) is 12.1 Å². The fraction of sp³-hybridized carbons (Fsp3) is 0.231. The highest BCUT2D eigenvalue weighted by molar-refractivity contribution is 9.10. The lowest BCUT2D eigenvalue weighted by Gasteiger charge is -2.21. The molecule has 1 N–H and O–H groups in total. The van der Waals surface area contributed by atoms with E-state index in [9.17, 15) is 15.2 Å². The number of nitro benzene ring substituents is 1. The van der Waals surface area contributed by atoms with Gasteiger partial charge in [-0.3, -0.25) is 10.1 Å². The number of non-ortho nitro benzene ring substituents is 1. The second kappa shape index (κ2) is 6.34. The summed E-state index contributed by atoms with van der Waals surface area (Å²) in [5, 5.41) is 22.1. The minimum Gasteiger partial charge on any atom is -0.392 e. The van der Waals surface area contributed by atoms with E-state index in [-0.39, 0.29) is 12.3 Å². The number of halogens is 1. The van der Waals surface area contributed by atoms with Crippen molar-refractivity contribution in [2.75, 3.05) is 11.9 Å². The van der Waals surface area contributed by atoms with Gasteiger partial charge in [0.25, 0.3) is 5.69 Å². The Morgan fingerprint density at radius 2 is 2.20 bits per heavy atom. The molecular formula is C13H13BrN2O3S. The molecule has 1 aromatic heterocycles. The highest BCUT2D eigenvalue weighted by Crippen LogP contribution is 2.28. The van der Waals surface area contributed by atoms with Gasteiger partial charge in [0.15, 0.2) is 0 Å². The highest BCUT2D eigenvalue weighted by Gasteiger charge is 2.13. The van der Waals surface area contributed by atoms with Crippen LogP contribution in [0.5, 0.6) is 0 Å². The van der Waals surface area contributed by atoms with Crippen LogP contribution < -0.4 is 4.90 Å². The molecule has 1 heterocycles. The molecule has 0 saturated heterocycles. The van der Waals surface area contributed by atoms with Crippen LogP contribution in [0, 0.1) is 10.1 Å². The lowest BCUT2D eigenvalue weighted by molar-refractivity contribution is -0.384. The van der Waals surface area contributed by atoms with E-state index in [2.05, 4.69) is 15.9 Å². The molecule has 7 heteroatoms. The molecule has 0 spiro atoms. The van der Waals surface area contributed by atoms with Crippen LogP contribution in [0.15, 0.2) is 34.1 Å². The van der Waals surface area contributed by atoms with Gasteiger partial charge >= 0.3 is 0 Å². The zero-order valence-electron chi connectivity index (χ0n) is 10.7. The quantitative estimate of drug-likeness (QED) is 0.657. The molecule has 0 aliphatic carbocycles. The van der Waals surface area contributed by atoms with Gasteiger partial charge in [-0.1, -0.05) is 0 Å².